The van der Waals surface area contributed by atoms with Gasteiger partial charge in [0.1, 0.15) is 18.5 Å². The van der Waals surface area contributed by atoms with Gasteiger partial charge in [0, 0.05) is 13.5 Å². The molecule has 1 amide bonds. The molecule has 0 saturated carbocycles. The van der Waals surface area contributed by atoms with E-state index in [1.54, 1.807) is 11.8 Å². The second kappa shape index (κ2) is 6.57. The maximum absolute atomic E-state index is 11.6. The van der Waals surface area contributed by atoms with E-state index in [1.165, 1.54) is 0 Å². The van der Waals surface area contributed by atoms with Gasteiger partial charge in [-0.2, -0.15) is 0 Å². The van der Waals surface area contributed by atoms with Crippen LogP contribution in [0.2, 0.25) is 0 Å². The second-order valence-electron chi connectivity index (χ2n) is 4.97. The van der Waals surface area contributed by atoms with Crippen LogP contribution in [0.4, 0.5) is 0 Å². The molecule has 1 aromatic rings. The fourth-order valence-corrected chi connectivity index (χ4v) is 2.56. The number of para-hydroxylation sites is 1. The summed E-state index contributed by atoms with van der Waals surface area (Å²) in [5.74, 6) is 0.773. The first-order valence-corrected chi connectivity index (χ1v) is 6.81. The van der Waals surface area contributed by atoms with Crippen molar-refractivity contribution in [3.05, 3.63) is 30.3 Å². The molecule has 1 aromatic carbocycles. The molecule has 104 valence electrons. The molecule has 4 nitrogen and oxygen atoms in total. The van der Waals surface area contributed by atoms with Crippen molar-refractivity contribution in [2.24, 2.45) is 0 Å². The number of rotatable bonds is 4. The van der Waals surface area contributed by atoms with Crippen LogP contribution in [0, 0.1) is 0 Å². The Morgan fingerprint density at radius 1 is 1.42 bits per heavy atom. The highest BCUT2D eigenvalue weighted by molar-refractivity contribution is 5.73. The predicted octanol–water partition coefficient (Wildman–Crippen LogP) is 1.83. The Kier molecular flexibility index (Phi) is 4.80. The van der Waals surface area contributed by atoms with Crippen LogP contribution in [-0.2, 0) is 4.79 Å². The van der Waals surface area contributed by atoms with Gasteiger partial charge in [-0.05, 0) is 31.4 Å². The molecule has 0 bridgehead atoms. The van der Waals surface area contributed by atoms with E-state index in [9.17, 15) is 9.90 Å². The maximum atomic E-state index is 11.6. The highest BCUT2D eigenvalue weighted by atomic mass is 16.5. The van der Waals surface area contributed by atoms with Crippen LogP contribution >= 0.6 is 0 Å². The summed E-state index contributed by atoms with van der Waals surface area (Å²) in [4.78, 5) is 13.3. The van der Waals surface area contributed by atoms with E-state index in [4.69, 9.17) is 4.74 Å². The van der Waals surface area contributed by atoms with Crippen LogP contribution in [0.3, 0.4) is 0 Å². The average molecular weight is 263 g/mol. The molecule has 4 heteroatoms. The van der Waals surface area contributed by atoms with E-state index in [1.807, 2.05) is 30.3 Å². The van der Waals surface area contributed by atoms with Crippen molar-refractivity contribution >= 4 is 5.91 Å². The highest BCUT2D eigenvalue weighted by Crippen LogP contribution is 2.20. The van der Waals surface area contributed by atoms with Gasteiger partial charge in [-0.25, -0.2) is 0 Å². The number of hydrogen-bond donors (Lipinski definition) is 1. The maximum Gasteiger partial charge on any atom is 0.219 e. The molecule has 19 heavy (non-hydrogen) atoms. The lowest BCUT2D eigenvalue weighted by atomic mass is 9.97. The Hall–Kier alpha value is -1.55. The summed E-state index contributed by atoms with van der Waals surface area (Å²) in [6, 6.07) is 9.30. The normalized spacial score (nSPS) is 20.9. The van der Waals surface area contributed by atoms with Crippen LogP contribution in [0.25, 0.3) is 0 Å². The molecule has 2 unspecified atom stereocenters. The molecule has 1 N–H and O–H groups in total. The standard InChI is InChI=1S/C15H21NO3/c1-12(17)16-10-6-5-9-14(16)15(18)11-19-13-7-3-2-4-8-13/h2-4,7-8,14-15,18H,5-6,9-11H2,1H3. The minimum Gasteiger partial charge on any atom is -0.491 e. The van der Waals surface area contributed by atoms with E-state index in [0.29, 0.717) is 0 Å². The Morgan fingerprint density at radius 3 is 2.84 bits per heavy atom. The minimum absolute atomic E-state index is 0.0310. The monoisotopic (exact) mass is 263 g/mol. The van der Waals surface area contributed by atoms with Crippen molar-refractivity contribution in [3.8, 4) is 5.75 Å². The van der Waals surface area contributed by atoms with E-state index < -0.39 is 6.10 Å². The van der Waals surface area contributed by atoms with E-state index in [-0.39, 0.29) is 18.6 Å². The number of ether oxygens (including phenoxy) is 1. The topological polar surface area (TPSA) is 49.8 Å². The summed E-state index contributed by atoms with van der Waals surface area (Å²) in [6.07, 6.45) is 2.28. The molecule has 1 fully saturated rings. The number of nitrogens with zero attached hydrogens (tertiary/aromatic N) is 1. The molecule has 1 heterocycles. The van der Waals surface area contributed by atoms with Crippen LogP contribution in [0.1, 0.15) is 26.2 Å². The number of aliphatic hydroxyl groups excluding tert-OH is 1. The summed E-state index contributed by atoms with van der Waals surface area (Å²) in [7, 11) is 0. The lowest BCUT2D eigenvalue weighted by molar-refractivity contribution is -0.136. The van der Waals surface area contributed by atoms with Gasteiger partial charge in [-0.3, -0.25) is 4.79 Å². The minimum atomic E-state index is -0.635. The lowest BCUT2D eigenvalue weighted by Gasteiger charge is -2.37. The Labute approximate surface area is 114 Å². The number of hydrogen-bond acceptors (Lipinski definition) is 3. The first-order valence-electron chi connectivity index (χ1n) is 6.81. The van der Waals surface area contributed by atoms with E-state index >= 15 is 0 Å². The largest absolute Gasteiger partial charge is 0.491 e. The summed E-state index contributed by atoms with van der Waals surface area (Å²) in [5.41, 5.74) is 0. The zero-order valence-electron chi connectivity index (χ0n) is 11.3. The van der Waals surface area contributed by atoms with Crippen molar-refractivity contribution in [2.75, 3.05) is 13.2 Å². The number of piperidine rings is 1. The summed E-state index contributed by atoms with van der Waals surface area (Å²) < 4.78 is 5.56. The first-order chi connectivity index (χ1) is 9.18. The zero-order chi connectivity index (χ0) is 13.7. The highest BCUT2D eigenvalue weighted by Gasteiger charge is 2.30. The molecule has 1 aliphatic rings. The fourth-order valence-electron chi connectivity index (χ4n) is 2.56. The Balaban J connectivity index is 1.90. The van der Waals surface area contributed by atoms with Crippen molar-refractivity contribution in [2.45, 2.75) is 38.3 Å². The van der Waals surface area contributed by atoms with Gasteiger partial charge in [-0.15, -0.1) is 0 Å². The van der Waals surface area contributed by atoms with Gasteiger partial charge in [0.15, 0.2) is 0 Å². The SMILES string of the molecule is CC(=O)N1CCCCC1C(O)COc1ccccc1. The molecule has 0 spiro atoms. The Bertz CT molecular complexity index is 407. The van der Waals surface area contributed by atoms with Crippen LogP contribution in [0.15, 0.2) is 30.3 Å². The molecule has 2 rings (SSSR count). The number of amides is 1. The molecular formula is C15H21NO3. The number of carbonyl (C=O) groups excluding carboxylic acids is 1. The third kappa shape index (κ3) is 3.70. The predicted molar refractivity (Wildman–Crippen MR) is 73.0 cm³/mol. The van der Waals surface area contributed by atoms with Crippen LogP contribution in [-0.4, -0.2) is 41.2 Å². The van der Waals surface area contributed by atoms with Crippen molar-refractivity contribution in [3.63, 3.8) is 0 Å². The van der Waals surface area contributed by atoms with Crippen molar-refractivity contribution < 1.29 is 14.6 Å². The number of carbonyl (C=O) groups is 1. The quantitative estimate of drug-likeness (QED) is 0.901. The Morgan fingerprint density at radius 2 is 2.16 bits per heavy atom. The molecule has 2 atom stereocenters. The zero-order valence-corrected chi connectivity index (χ0v) is 11.3. The average Bonchev–Trinajstić information content (AvgIpc) is 2.46. The molecule has 0 aromatic heterocycles. The summed E-state index contributed by atoms with van der Waals surface area (Å²) in [6.45, 7) is 2.52. The number of likely N-dealkylation sites (tertiary alicyclic amines) is 1. The molecule has 0 radical (unpaired) electrons. The molecule has 1 aliphatic heterocycles. The van der Waals surface area contributed by atoms with Gasteiger partial charge in [0.2, 0.25) is 5.91 Å². The van der Waals surface area contributed by atoms with Gasteiger partial charge in [0.05, 0.1) is 6.04 Å². The van der Waals surface area contributed by atoms with Gasteiger partial charge in [0.25, 0.3) is 0 Å². The van der Waals surface area contributed by atoms with Crippen LogP contribution in [0.5, 0.6) is 5.75 Å². The summed E-state index contributed by atoms with van der Waals surface area (Å²) in [5, 5.41) is 10.2. The van der Waals surface area contributed by atoms with Crippen molar-refractivity contribution in [1.82, 2.24) is 4.90 Å². The third-order valence-corrected chi connectivity index (χ3v) is 3.56. The van der Waals surface area contributed by atoms with Gasteiger partial charge >= 0.3 is 0 Å². The molecule has 0 aliphatic carbocycles. The van der Waals surface area contributed by atoms with Crippen molar-refractivity contribution in [1.29, 1.82) is 0 Å². The first kappa shape index (κ1) is 13.9. The third-order valence-electron chi connectivity index (χ3n) is 3.56. The summed E-state index contributed by atoms with van der Waals surface area (Å²) >= 11 is 0. The number of aliphatic hydroxyl groups is 1. The number of benzene rings is 1. The molecular weight excluding hydrogens is 242 g/mol. The van der Waals surface area contributed by atoms with E-state index in [2.05, 4.69) is 0 Å². The van der Waals surface area contributed by atoms with Crippen LogP contribution < -0.4 is 4.74 Å². The smallest absolute Gasteiger partial charge is 0.219 e. The lowest BCUT2D eigenvalue weighted by Crippen LogP contribution is -2.50. The van der Waals surface area contributed by atoms with E-state index in [0.717, 1.165) is 31.6 Å². The van der Waals surface area contributed by atoms with Gasteiger partial charge < -0.3 is 14.7 Å². The second-order valence-corrected chi connectivity index (χ2v) is 4.97. The molecule has 1 saturated heterocycles. The van der Waals surface area contributed by atoms with Gasteiger partial charge in [-0.1, -0.05) is 18.2 Å². The fraction of sp³-hybridized carbons (Fsp3) is 0.533.